The average Bonchev–Trinajstić information content (AvgIpc) is 3.50. The lowest BCUT2D eigenvalue weighted by Crippen LogP contribution is -2.60. The fourth-order valence-electron chi connectivity index (χ4n) is 9.65. The van der Waals surface area contributed by atoms with Crippen LogP contribution >= 0.6 is 0 Å². The van der Waals surface area contributed by atoms with Crippen molar-refractivity contribution in [2.45, 2.75) is 141 Å². The normalized spacial score (nSPS) is 36.7. The maximum atomic E-state index is 14.8. The van der Waals surface area contributed by atoms with E-state index in [9.17, 15) is 24.3 Å². The molecule has 4 heterocycles. The number of carbonyl (C=O) groups excluding carboxylic acids is 4. The largest absolute Gasteiger partial charge is 0.457 e. The molecule has 3 aliphatic heterocycles. The van der Waals surface area contributed by atoms with E-state index >= 15 is 0 Å². The second-order valence-electron chi connectivity index (χ2n) is 17.2. The van der Waals surface area contributed by atoms with Crippen molar-refractivity contribution in [1.29, 1.82) is 0 Å². The Balaban J connectivity index is 1.49. The maximum Gasteiger partial charge on any atom is 0.411 e. The monoisotopic (exact) mass is 807 g/mol. The molecule has 0 radical (unpaired) electrons. The minimum absolute atomic E-state index is 0.114. The van der Waals surface area contributed by atoms with Crippen LogP contribution in [0.5, 0.6) is 0 Å². The Hall–Kier alpha value is -3.75. The van der Waals surface area contributed by atoms with Crippen molar-refractivity contribution in [3.8, 4) is 0 Å². The number of aliphatic hydroxyl groups is 1. The van der Waals surface area contributed by atoms with E-state index in [1.165, 1.54) is 20.1 Å². The van der Waals surface area contributed by atoms with E-state index in [-0.39, 0.29) is 37.3 Å². The number of pyridine rings is 1. The minimum atomic E-state index is -1.58. The van der Waals surface area contributed by atoms with Crippen LogP contribution < -0.4 is 0 Å². The van der Waals surface area contributed by atoms with Gasteiger partial charge in [0.05, 0.1) is 29.4 Å². The highest BCUT2D eigenvalue weighted by Gasteiger charge is 2.61. The van der Waals surface area contributed by atoms with Crippen molar-refractivity contribution < 1.29 is 48.0 Å². The van der Waals surface area contributed by atoms with Gasteiger partial charge in [0, 0.05) is 49.0 Å². The number of rotatable bonds is 11. The Labute approximate surface area is 343 Å². The maximum absolute atomic E-state index is 14.8. The number of methoxy groups -OCH3 is 1. The number of hydrogen-bond acceptors (Lipinski definition) is 12. The first-order valence-corrected chi connectivity index (χ1v) is 20.9. The number of fused-ring (bicyclic) bond motifs is 2. The Morgan fingerprint density at radius 3 is 2.40 bits per heavy atom. The molecule has 3 saturated heterocycles. The lowest BCUT2D eigenvalue weighted by atomic mass is 9.72. The molecule has 1 N–H and O–H groups in total. The minimum Gasteiger partial charge on any atom is -0.457 e. The number of cyclic esters (lactones) is 1. The van der Waals surface area contributed by atoms with E-state index in [0.29, 0.717) is 12.8 Å². The second kappa shape index (κ2) is 18.7. The number of ether oxygens (including phenoxy) is 5. The van der Waals surface area contributed by atoms with Gasteiger partial charge in [-0.15, -0.1) is 0 Å². The number of ketones is 2. The lowest BCUT2D eigenvalue weighted by Gasteiger charge is -2.47. The smallest absolute Gasteiger partial charge is 0.411 e. The summed E-state index contributed by atoms with van der Waals surface area (Å²) in [5.41, 5.74) is -0.794. The third kappa shape index (κ3) is 8.89. The van der Waals surface area contributed by atoms with Crippen LogP contribution in [0, 0.1) is 23.7 Å². The molecule has 2 aromatic rings. The number of likely N-dealkylation sites (N-methyl/N-ethyl adjacent to an activating group) is 1. The lowest BCUT2D eigenvalue weighted by molar-refractivity contribution is -0.295. The number of benzene rings is 1. The summed E-state index contributed by atoms with van der Waals surface area (Å²) in [6.45, 7) is 16.6. The number of hydrogen-bond donors (Lipinski definition) is 1. The summed E-state index contributed by atoms with van der Waals surface area (Å²) in [6.07, 6.45) is 1.11. The molecular weight excluding hydrogens is 743 g/mol. The van der Waals surface area contributed by atoms with Gasteiger partial charge < -0.3 is 33.7 Å². The molecule has 1 amide bonds. The van der Waals surface area contributed by atoms with Crippen LogP contribution in [0.1, 0.15) is 86.1 Å². The zero-order valence-corrected chi connectivity index (χ0v) is 36.0. The quantitative estimate of drug-likeness (QED) is 0.124. The van der Waals surface area contributed by atoms with Gasteiger partial charge in [0.2, 0.25) is 0 Å². The fourth-order valence-corrected chi connectivity index (χ4v) is 9.65. The van der Waals surface area contributed by atoms with Gasteiger partial charge in [0.15, 0.2) is 17.7 Å². The van der Waals surface area contributed by atoms with Crippen LogP contribution in [0.15, 0.2) is 49.2 Å². The fraction of sp³-hybridized carbons (Fsp3) is 0.667. The molecule has 1 aromatic carbocycles. The van der Waals surface area contributed by atoms with Gasteiger partial charge in [-0.25, -0.2) is 4.79 Å². The molecule has 0 saturated carbocycles. The molecule has 5 rings (SSSR count). The van der Waals surface area contributed by atoms with Gasteiger partial charge in [-0.2, -0.15) is 0 Å². The molecular formula is C45H65N3O10. The van der Waals surface area contributed by atoms with Crippen molar-refractivity contribution in [2.75, 3.05) is 27.7 Å². The molecule has 0 aliphatic carbocycles. The molecule has 1 unspecified atom stereocenters. The average molecular weight is 808 g/mol. The standard InChI is InChI=1S/C45H65N3O10/c1-12-35-45(13-2)39(48(43(53)58-45)23-17-16-18-31-21-22-46-33-20-15-14-19-32(31)33)28(5)36(49)26(3)25-44(8,54-11)40(29(6)37(50)30(7)41(52)56-35)57-42-38(51)34(47(9)10)24-27(4)55-42/h13-15,19-22,26-30,34-35,38-40,42,51H,2,12,16-18,23-25H2,1,3-11H3/t26-,27-,28+,29+,30-,34+,35-,38-,39-,40-,42?,44+,45-/m1/s1. The summed E-state index contributed by atoms with van der Waals surface area (Å²) < 4.78 is 31.3. The third-order valence-corrected chi connectivity index (χ3v) is 13.0. The van der Waals surface area contributed by atoms with Gasteiger partial charge in [0.25, 0.3) is 0 Å². The number of aliphatic hydroxyl groups excluding tert-OH is 1. The molecule has 0 spiro atoms. The molecule has 0 bridgehead atoms. The zero-order chi connectivity index (χ0) is 42.7. The van der Waals surface area contributed by atoms with Crippen molar-refractivity contribution in [1.82, 2.24) is 14.8 Å². The number of amides is 1. The number of unbranched alkanes of at least 4 members (excludes halogenated alkanes) is 1. The predicted molar refractivity (Wildman–Crippen MR) is 219 cm³/mol. The Bertz CT molecular complexity index is 1800. The summed E-state index contributed by atoms with van der Waals surface area (Å²) in [4.78, 5) is 65.2. The number of Topliss-reactive ketones (excluding diaryl/α,β-unsaturated/α-hetero) is 2. The summed E-state index contributed by atoms with van der Waals surface area (Å²) in [6, 6.07) is 8.83. The van der Waals surface area contributed by atoms with Crippen molar-refractivity contribution in [3.05, 3.63) is 54.7 Å². The molecule has 58 heavy (non-hydrogen) atoms. The third-order valence-electron chi connectivity index (χ3n) is 13.0. The van der Waals surface area contributed by atoms with E-state index in [1.807, 2.05) is 50.2 Å². The number of esters is 1. The molecule has 13 heteroatoms. The van der Waals surface area contributed by atoms with Gasteiger partial charge in [0.1, 0.15) is 23.9 Å². The van der Waals surface area contributed by atoms with Gasteiger partial charge in [-0.05, 0) is 97.2 Å². The van der Waals surface area contributed by atoms with Crippen molar-refractivity contribution in [2.24, 2.45) is 23.7 Å². The summed E-state index contributed by atoms with van der Waals surface area (Å²) in [5, 5.41) is 12.5. The van der Waals surface area contributed by atoms with E-state index in [4.69, 9.17) is 23.7 Å². The molecule has 1 aromatic heterocycles. The predicted octanol–water partition coefficient (Wildman–Crippen LogP) is 5.93. The summed E-state index contributed by atoms with van der Waals surface area (Å²) in [7, 11) is 5.24. The van der Waals surface area contributed by atoms with E-state index in [1.54, 1.807) is 45.7 Å². The molecule has 3 aliphatic rings. The van der Waals surface area contributed by atoms with Gasteiger partial charge >= 0.3 is 12.1 Å². The van der Waals surface area contributed by atoms with Crippen LogP contribution in [0.25, 0.3) is 10.9 Å². The van der Waals surface area contributed by atoms with E-state index in [2.05, 4.69) is 17.6 Å². The highest BCUT2D eigenvalue weighted by molar-refractivity contribution is 6.00. The molecule has 320 valence electrons. The number of para-hydroxylation sites is 1. The first-order chi connectivity index (χ1) is 27.4. The SMILES string of the molecule is C=C[C@]12OC(=O)N(CCCCc3ccnc4ccccc34)[C@@H]1[C@@H](C)C(=O)[C@H](C)C[C@](C)(OC)[C@H](OC1O[C@H](C)C[C@H](N(C)C)[C@H]1O)[C@@H](C)C(=O)[C@@H](C)C(=O)O[C@@H]2CC. The first-order valence-electron chi connectivity index (χ1n) is 20.9. The van der Waals surface area contributed by atoms with E-state index < -0.39 is 83.4 Å². The second-order valence-corrected chi connectivity index (χ2v) is 17.2. The summed E-state index contributed by atoms with van der Waals surface area (Å²) in [5.74, 6) is -5.14. The number of nitrogens with zero attached hydrogens (tertiary/aromatic N) is 3. The Kier molecular flexibility index (Phi) is 14.6. The van der Waals surface area contributed by atoms with Crippen molar-refractivity contribution in [3.63, 3.8) is 0 Å². The van der Waals surface area contributed by atoms with Crippen LogP contribution in [0.3, 0.4) is 0 Å². The Morgan fingerprint density at radius 1 is 1.03 bits per heavy atom. The highest BCUT2D eigenvalue weighted by Crippen LogP contribution is 2.44. The van der Waals surface area contributed by atoms with Gasteiger partial charge in [-0.3, -0.25) is 24.3 Å². The highest BCUT2D eigenvalue weighted by atomic mass is 16.7. The zero-order valence-electron chi connectivity index (χ0n) is 36.0. The topological polar surface area (TPSA) is 154 Å². The Morgan fingerprint density at radius 2 is 1.74 bits per heavy atom. The number of aromatic nitrogens is 1. The van der Waals surface area contributed by atoms with Crippen molar-refractivity contribution >= 4 is 34.5 Å². The van der Waals surface area contributed by atoms with Crippen LogP contribution in [-0.2, 0) is 44.5 Å². The number of carbonyl (C=O) groups is 4. The van der Waals surface area contributed by atoms with Crippen LogP contribution in [0.4, 0.5) is 4.79 Å². The van der Waals surface area contributed by atoms with Crippen LogP contribution in [-0.4, -0.2) is 125 Å². The molecule has 3 fully saturated rings. The van der Waals surface area contributed by atoms with E-state index in [0.717, 1.165) is 29.3 Å². The molecule has 13 nitrogen and oxygen atoms in total. The first kappa shape index (κ1) is 45.3. The number of aryl methyl sites for hydroxylation is 1. The van der Waals surface area contributed by atoms with Gasteiger partial charge in [-0.1, -0.05) is 52.5 Å². The summed E-state index contributed by atoms with van der Waals surface area (Å²) >= 11 is 0. The molecule has 13 atom stereocenters. The van der Waals surface area contributed by atoms with Crippen LogP contribution in [0.2, 0.25) is 0 Å².